The maximum atomic E-state index is 15.3. The van der Waals surface area contributed by atoms with Gasteiger partial charge in [0.1, 0.15) is 30.5 Å². The molecule has 16 heteroatoms. The van der Waals surface area contributed by atoms with Gasteiger partial charge in [0.15, 0.2) is 17.5 Å². The molecule has 41 heavy (non-hydrogen) atoms. The highest BCUT2D eigenvalue weighted by Gasteiger charge is 2.42. The molecule has 6 heterocycles. The maximum absolute atomic E-state index is 15.3. The minimum absolute atomic E-state index is 0.106. The van der Waals surface area contributed by atoms with Gasteiger partial charge in [0.2, 0.25) is 11.9 Å². The normalized spacial score (nSPS) is 18.6. The summed E-state index contributed by atoms with van der Waals surface area (Å²) in [6.07, 6.45) is 7.78. The zero-order chi connectivity index (χ0) is 28.2. The summed E-state index contributed by atoms with van der Waals surface area (Å²) in [5, 5.41) is 14.8. The number of hydrogen-bond acceptors (Lipinski definition) is 8. The number of hydrogen-bond donors (Lipinski definition) is 1. The number of halogens is 4. The number of aromatic nitrogens is 10. The van der Waals surface area contributed by atoms with Crippen LogP contribution in [-0.2, 0) is 4.79 Å². The van der Waals surface area contributed by atoms with Crippen LogP contribution in [0.25, 0.3) is 28.3 Å². The van der Waals surface area contributed by atoms with E-state index in [2.05, 4.69) is 40.6 Å². The third-order valence-electron chi connectivity index (χ3n) is 7.26. The minimum Gasteiger partial charge on any atom is -0.326 e. The number of pyridine rings is 1. The SMILES string of the molecule is O=C1C=C(c2c(-n3cnnn3)ccc(Cl)c2F)CC2CCC(c3nc(-c4ccnc(-n5cncn5)c4F)c(F)[nH]3)N12. The van der Waals surface area contributed by atoms with E-state index in [4.69, 9.17) is 11.6 Å². The topological polar surface area (TPSA) is 136 Å². The monoisotopic (exact) mass is 579 g/mol. The van der Waals surface area contributed by atoms with Crippen molar-refractivity contribution in [2.45, 2.75) is 31.3 Å². The quantitative estimate of drug-likeness (QED) is 0.333. The van der Waals surface area contributed by atoms with E-state index in [-0.39, 0.29) is 39.5 Å². The van der Waals surface area contributed by atoms with Crippen LogP contribution in [0.15, 0.2) is 49.5 Å². The van der Waals surface area contributed by atoms with Crippen molar-refractivity contribution in [2.75, 3.05) is 0 Å². The summed E-state index contributed by atoms with van der Waals surface area (Å²) in [6, 6.07) is 3.35. The molecule has 206 valence electrons. The molecular formula is C25H17ClF3N11O. The standard InChI is InChI=1S/C25H17ClF3N11O/c26-15-2-4-16(38-11-32-36-37-38)19(21(15)28)12-7-13-1-3-17(40(13)18(41)8-12)24-34-22(23(29)35-24)14-5-6-31-25(20(14)27)39-10-30-9-33-39/h2,4-6,8-11,13,17H,1,3,7H2,(H,34,35). The molecule has 1 aromatic carbocycles. The van der Waals surface area contributed by atoms with Crippen LogP contribution < -0.4 is 0 Å². The van der Waals surface area contributed by atoms with Crippen LogP contribution in [-0.4, -0.2) is 66.8 Å². The van der Waals surface area contributed by atoms with Crippen molar-refractivity contribution in [2.24, 2.45) is 0 Å². The van der Waals surface area contributed by atoms with E-state index in [1.54, 1.807) is 11.0 Å². The lowest BCUT2D eigenvalue weighted by Gasteiger charge is -2.33. The zero-order valence-electron chi connectivity index (χ0n) is 20.8. The Bertz CT molecular complexity index is 1820. The summed E-state index contributed by atoms with van der Waals surface area (Å²) in [5.41, 5.74) is 0.523. The van der Waals surface area contributed by atoms with Gasteiger partial charge in [0.05, 0.1) is 16.8 Å². The maximum Gasteiger partial charge on any atom is 0.247 e. The number of carbonyl (C=O) groups is 1. The van der Waals surface area contributed by atoms with Crippen LogP contribution >= 0.6 is 11.6 Å². The van der Waals surface area contributed by atoms with Gasteiger partial charge in [-0.05, 0) is 53.5 Å². The molecule has 1 amide bonds. The summed E-state index contributed by atoms with van der Waals surface area (Å²) in [4.78, 5) is 29.8. The summed E-state index contributed by atoms with van der Waals surface area (Å²) in [7, 11) is 0. The molecule has 0 bridgehead atoms. The van der Waals surface area contributed by atoms with E-state index in [1.807, 2.05) is 0 Å². The summed E-state index contributed by atoms with van der Waals surface area (Å²) in [6.45, 7) is 0. The number of benzene rings is 1. The van der Waals surface area contributed by atoms with E-state index in [9.17, 15) is 4.79 Å². The number of tetrazole rings is 1. The first-order valence-electron chi connectivity index (χ1n) is 12.4. The van der Waals surface area contributed by atoms with Crippen LogP contribution in [0, 0.1) is 17.6 Å². The molecule has 0 radical (unpaired) electrons. The average Bonchev–Trinajstić information content (AvgIpc) is 3.77. The number of fused-ring (bicyclic) bond motifs is 1. The Balaban J connectivity index is 1.22. The molecule has 2 atom stereocenters. The molecular weight excluding hydrogens is 563 g/mol. The third-order valence-corrected chi connectivity index (χ3v) is 7.55. The van der Waals surface area contributed by atoms with Gasteiger partial charge in [-0.3, -0.25) is 4.79 Å². The fourth-order valence-corrected chi connectivity index (χ4v) is 5.66. The summed E-state index contributed by atoms with van der Waals surface area (Å²) in [5.74, 6) is -2.77. The smallest absolute Gasteiger partial charge is 0.247 e. The first-order chi connectivity index (χ1) is 19.9. The van der Waals surface area contributed by atoms with Crippen molar-refractivity contribution in [3.63, 3.8) is 0 Å². The number of carbonyl (C=O) groups excluding carboxylic acids is 1. The molecule has 2 unspecified atom stereocenters. The van der Waals surface area contributed by atoms with Gasteiger partial charge in [-0.2, -0.15) is 18.9 Å². The Hall–Kier alpha value is -4.92. The lowest BCUT2D eigenvalue weighted by molar-refractivity contribution is -0.129. The number of aromatic amines is 1. The molecule has 1 fully saturated rings. The van der Waals surface area contributed by atoms with E-state index in [1.165, 1.54) is 48.1 Å². The number of nitrogens with zero attached hydrogens (tertiary/aromatic N) is 10. The second kappa shape index (κ2) is 9.62. The van der Waals surface area contributed by atoms with Crippen LogP contribution in [0.1, 0.15) is 36.7 Å². The molecule has 4 aromatic heterocycles. The predicted octanol–water partition coefficient (Wildman–Crippen LogP) is 3.62. The Morgan fingerprint density at radius 3 is 2.71 bits per heavy atom. The van der Waals surface area contributed by atoms with Crippen molar-refractivity contribution in [1.29, 1.82) is 0 Å². The fraction of sp³-hybridized carbons (Fsp3) is 0.200. The van der Waals surface area contributed by atoms with Crippen molar-refractivity contribution in [3.8, 4) is 22.8 Å². The van der Waals surface area contributed by atoms with E-state index in [0.29, 0.717) is 30.5 Å². The molecule has 0 saturated carbocycles. The Morgan fingerprint density at radius 1 is 1.05 bits per heavy atom. The third kappa shape index (κ3) is 4.07. The number of imidazole rings is 1. The number of rotatable bonds is 5. The van der Waals surface area contributed by atoms with Crippen LogP contribution in [0.5, 0.6) is 0 Å². The molecule has 0 aliphatic carbocycles. The van der Waals surface area contributed by atoms with Crippen molar-refractivity contribution in [3.05, 3.63) is 83.4 Å². The highest BCUT2D eigenvalue weighted by molar-refractivity contribution is 6.31. The average molecular weight is 580 g/mol. The van der Waals surface area contributed by atoms with Gasteiger partial charge in [-0.15, -0.1) is 5.10 Å². The lowest BCUT2D eigenvalue weighted by atomic mass is 9.92. The fourth-order valence-electron chi connectivity index (χ4n) is 5.50. The van der Waals surface area contributed by atoms with Gasteiger partial charge < -0.3 is 9.88 Å². The second-order valence-corrected chi connectivity index (χ2v) is 9.90. The first-order valence-corrected chi connectivity index (χ1v) is 12.8. The number of H-pyrrole nitrogens is 1. The second-order valence-electron chi connectivity index (χ2n) is 9.50. The lowest BCUT2D eigenvalue weighted by Crippen LogP contribution is -2.39. The molecule has 2 aliphatic rings. The molecule has 1 N–H and O–H groups in total. The molecule has 5 aromatic rings. The largest absolute Gasteiger partial charge is 0.326 e. The highest BCUT2D eigenvalue weighted by Crippen LogP contribution is 2.44. The summed E-state index contributed by atoms with van der Waals surface area (Å²) < 4.78 is 48.2. The van der Waals surface area contributed by atoms with Gasteiger partial charge in [0.25, 0.3) is 0 Å². The van der Waals surface area contributed by atoms with Crippen LogP contribution in [0.4, 0.5) is 13.2 Å². The molecule has 12 nitrogen and oxygen atoms in total. The minimum atomic E-state index is -0.856. The molecule has 1 saturated heterocycles. The van der Waals surface area contributed by atoms with Gasteiger partial charge in [0, 0.05) is 29.4 Å². The predicted molar refractivity (Wildman–Crippen MR) is 136 cm³/mol. The Labute approximate surface area is 233 Å². The van der Waals surface area contributed by atoms with Crippen molar-refractivity contribution < 1.29 is 18.0 Å². The van der Waals surface area contributed by atoms with Crippen molar-refractivity contribution >= 4 is 23.1 Å². The van der Waals surface area contributed by atoms with E-state index >= 15 is 13.2 Å². The van der Waals surface area contributed by atoms with E-state index in [0.717, 1.165) is 4.68 Å². The van der Waals surface area contributed by atoms with Gasteiger partial charge in [-0.25, -0.2) is 23.7 Å². The summed E-state index contributed by atoms with van der Waals surface area (Å²) >= 11 is 6.09. The zero-order valence-corrected chi connectivity index (χ0v) is 21.5. The number of nitrogens with one attached hydrogen (secondary N) is 1. The first kappa shape index (κ1) is 25.1. The van der Waals surface area contributed by atoms with E-state index < -0.39 is 29.5 Å². The number of amides is 1. The van der Waals surface area contributed by atoms with Crippen molar-refractivity contribution in [1.82, 2.24) is 54.8 Å². The molecule has 7 rings (SSSR count). The Kier molecular flexibility index (Phi) is 5.88. The highest BCUT2D eigenvalue weighted by atomic mass is 35.5. The van der Waals surface area contributed by atoms with Gasteiger partial charge >= 0.3 is 0 Å². The van der Waals surface area contributed by atoms with Crippen LogP contribution in [0.2, 0.25) is 5.02 Å². The molecule has 0 spiro atoms. The Morgan fingerprint density at radius 2 is 1.93 bits per heavy atom. The van der Waals surface area contributed by atoms with Crippen LogP contribution in [0.3, 0.4) is 0 Å². The van der Waals surface area contributed by atoms with Gasteiger partial charge in [-0.1, -0.05) is 11.6 Å². The molecule has 2 aliphatic heterocycles.